The number of nitrogens with zero attached hydrogens (tertiary/aromatic N) is 1. The number of allylic oxidation sites excluding steroid dienone is 1. The molecule has 0 unspecified atom stereocenters. The van der Waals surface area contributed by atoms with Gasteiger partial charge in [0.1, 0.15) is 6.04 Å². The third-order valence-corrected chi connectivity index (χ3v) is 7.23. The largest absolute Gasteiger partial charge is 0.357 e. The molecule has 162 valence electrons. The van der Waals surface area contributed by atoms with Crippen molar-refractivity contribution < 1.29 is 9.59 Å². The molecule has 4 nitrogen and oxygen atoms in total. The summed E-state index contributed by atoms with van der Waals surface area (Å²) in [7, 11) is 0. The Bertz CT molecular complexity index is 1180. The predicted molar refractivity (Wildman–Crippen MR) is 130 cm³/mol. The highest BCUT2D eigenvalue weighted by Gasteiger charge is 2.42. The molecule has 32 heavy (non-hydrogen) atoms. The summed E-state index contributed by atoms with van der Waals surface area (Å²) in [6.07, 6.45) is 1.19. The van der Waals surface area contributed by atoms with Crippen LogP contribution in [0.3, 0.4) is 0 Å². The van der Waals surface area contributed by atoms with Gasteiger partial charge < -0.3 is 5.32 Å². The average Bonchev–Trinajstić information content (AvgIpc) is 3.28. The number of Topliss-reactive ketones (excluding diaryl/α,β-unsaturated/α-hetero) is 1. The molecule has 1 N–H and O–H groups in total. The first kappa shape index (κ1) is 20.7. The van der Waals surface area contributed by atoms with Crippen molar-refractivity contribution in [1.82, 2.24) is 0 Å². The Kier molecular flexibility index (Phi) is 5.43. The number of carbonyl (C=O) groups excluding carboxylic acids is 2. The normalized spacial score (nSPS) is 20.5. The number of amides is 1. The number of benzene rings is 2. The number of anilines is 2. The van der Waals surface area contributed by atoms with E-state index in [1.807, 2.05) is 78.7 Å². The van der Waals surface area contributed by atoms with Crippen molar-refractivity contribution in [2.24, 2.45) is 5.92 Å². The van der Waals surface area contributed by atoms with E-state index in [-0.39, 0.29) is 23.5 Å². The molecule has 5 heteroatoms. The number of ketones is 1. The minimum atomic E-state index is -0.416. The molecule has 2 aliphatic rings. The van der Waals surface area contributed by atoms with E-state index < -0.39 is 6.04 Å². The molecule has 3 aromatic rings. The second-order valence-electron chi connectivity index (χ2n) is 8.75. The van der Waals surface area contributed by atoms with Crippen LogP contribution in [0.1, 0.15) is 49.1 Å². The van der Waals surface area contributed by atoms with Gasteiger partial charge in [-0.1, -0.05) is 62.4 Å². The molecular formula is C27H26N2O2S. The predicted octanol–water partition coefficient (Wildman–Crippen LogP) is 6.30. The number of para-hydroxylation sites is 2. The summed E-state index contributed by atoms with van der Waals surface area (Å²) in [6.45, 7) is 3.83. The summed E-state index contributed by atoms with van der Waals surface area (Å²) in [5, 5.41) is 5.59. The van der Waals surface area contributed by atoms with Gasteiger partial charge in [-0.2, -0.15) is 0 Å². The third kappa shape index (κ3) is 3.56. The number of thiophene rings is 1. The van der Waals surface area contributed by atoms with Gasteiger partial charge in [0.15, 0.2) is 5.78 Å². The van der Waals surface area contributed by atoms with Crippen molar-refractivity contribution in [3.8, 4) is 0 Å². The van der Waals surface area contributed by atoms with Gasteiger partial charge in [-0.3, -0.25) is 14.5 Å². The van der Waals surface area contributed by atoms with E-state index in [4.69, 9.17) is 0 Å². The van der Waals surface area contributed by atoms with Crippen LogP contribution in [0, 0.1) is 5.92 Å². The van der Waals surface area contributed by atoms with E-state index in [0.717, 1.165) is 33.9 Å². The highest BCUT2D eigenvalue weighted by Crippen LogP contribution is 2.48. The minimum Gasteiger partial charge on any atom is -0.357 e. The molecule has 5 rings (SSSR count). The van der Waals surface area contributed by atoms with Crippen LogP contribution in [0.2, 0.25) is 0 Å². The number of carbonyl (C=O) groups is 2. The van der Waals surface area contributed by atoms with Crippen molar-refractivity contribution >= 4 is 34.4 Å². The Hall–Kier alpha value is -3.18. The fraction of sp³-hybridized carbons (Fsp3) is 0.259. The van der Waals surface area contributed by atoms with Gasteiger partial charge >= 0.3 is 0 Å². The molecule has 2 heterocycles. The van der Waals surface area contributed by atoms with Crippen LogP contribution >= 0.6 is 11.3 Å². The average molecular weight is 443 g/mol. The molecule has 1 amide bonds. The van der Waals surface area contributed by atoms with Gasteiger partial charge in [0.25, 0.3) is 0 Å². The van der Waals surface area contributed by atoms with Crippen molar-refractivity contribution in [2.45, 2.75) is 38.6 Å². The molecule has 1 aliphatic carbocycles. The summed E-state index contributed by atoms with van der Waals surface area (Å²) in [5.74, 6) is 0.0617. The van der Waals surface area contributed by atoms with Crippen LogP contribution in [-0.4, -0.2) is 11.7 Å². The minimum absolute atomic E-state index is 0.0179. The Balaban J connectivity index is 1.70. The number of hydrogen-bond acceptors (Lipinski definition) is 4. The summed E-state index contributed by atoms with van der Waals surface area (Å²) in [5.41, 5.74) is 4.52. The van der Waals surface area contributed by atoms with Gasteiger partial charge in [-0.05, 0) is 41.5 Å². The summed E-state index contributed by atoms with van der Waals surface area (Å²) in [4.78, 5) is 30.1. The van der Waals surface area contributed by atoms with Gasteiger partial charge in [0.05, 0.1) is 11.4 Å². The fourth-order valence-corrected chi connectivity index (χ4v) is 5.61. The third-order valence-electron chi connectivity index (χ3n) is 6.30. The molecule has 0 saturated heterocycles. The van der Waals surface area contributed by atoms with E-state index in [1.54, 1.807) is 11.3 Å². The van der Waals surface area contributed by atoms with Gasteiger partial charge in [0, 0.05) is 28.5 Å². The second kappa shape index (κ2) is 8.40. The molecule has 0 saturated carbocycles. The van der Waals surface area contributed by atoms with Gasteiger partial charge in [0.2, 0.25) is 5.91 Å². The van der Waals surface area contributed by atoms with Crippen LogP contribution in [0.25, 0.3) is 0 Å². The molecule has 1 aromatic heterocycles. The summed E-state index contributed by atoms with van der Waals surface area (Å²) in [6, 6.07) is 21.7. The lowest BCUT2D eigenvalue weighted by molar-refractivity contribution is -0.121. The van der Waals surface area contributed by atoms with Crippen molar-refractivity contribution in [3.63, 3.8) is 0 Å². The molecule has 0 spiro atoms. The maximum atomic E-state index is 13.7. The maximum Gasteiger partial charge on any atom is 0.230 e. The number of rotatable bonds is 3. The van der Waals surface area contributed by atoms with Crippen molar-refractivity contribution in [3.05, 3.63) is 93.8 Å². The number of fused-ring (bicyclic) bond motifs is 1. The lowest BCUT2D eigenvalue weighted by atomic mass is 9.79. The molecule has 2 aromatic carbocycles. The van der Waals surface area contributed by atoms with E-state index >= 15 is 0 Å². The highest BCUT2D eigenvalue weighted by molar-refractivity contribution is 7.10. The van der Waals surface area contributed by atoms with Crippen LogP contribution in [0.15, 0.2) is 83.4 Å². The monoisotopic (exact) mass is 442 g/mol. The van der Waals surface area contributed by atoms with E-state index in [2.05, 4.69) is 17.4 Å². The van der Waals surface area contributed by atoms with Crippen LogP contribution in [-0.2, 0) is 9.59 Å². The highest BCUT2D eigenvalue weighted by atomic mass is 32.1. The maximum absolute atomic E-state index is 13.7. The smallest absolute Gasteiger partial charge is 0.230 e. The van der Waals surface area contributed by atoms with Crippen LogP contribution in [0.5, 0.6) is 0 Å². The van der Waals surface area contributed by atoms with Crippen LogP contribution in [0.4, 0.5) is 11.4 Å². The fourth-order valence-electron chi connectivity index (χ4n) is 4.79. The quantitative estimate of drug-likeness (QED) is 0.517. The van der Waals surface area contributed by atoms with Crippen molar-refractivity contribution in [2.75, 3.05) is 10.2 Å². The Labute approximate surface area is 192 Å². The Morgan fingerprint density at radius 1 is 1.00 bits per heavy atom. The lowest BCUT2D eigenvalue weighted by Gasteiger charge is -2.35. The molecule has 1 aliphatic heterocycles. The number of nitrogens with one attached hydrogen (secondary N) is 1. The molecule has 2 atom stereocenters. The molecule has 0 bridgehead atoms. The van der Waals surface area contributed by atoms with Gasteiger partial charge in [-0.15, -0.1) is 11.3 Å². The Morgan fingerprint density at radius 2 is 1.75 bits per heavy atom. The van der Waals surface area contributed by atoms with Crippen molar-refractivity contribution in [1.29, 1.82) is 0 Å². The Morgan fingerprint density at radius 3 is 2.47 bits per heavy atom. The summed E-state index contributed by atoms with van der Waals surface area (Å²) >= 11 is 1.59. The zero-order valence-corrected chi connectivity index (χ0v) is 19.1. The van der Waals surface area contributed by atoms with Gasteiger partial charge in [-0.25, -0.2) is 0 Å². The molecule has 0 fully saturated rings. The first-order valence-electron chi connectivity index (χ1n) is 11.1. The van der Waals surface area contributed by atoms with E-state index in [9.17, 15) is 9.59 Å². The van der Waals surface area contributed by atoms with E-state index in [1.165, 1.54) is 5.56 Å². The van der Waals surface area contributed by atoms with E-state index in [0.29, 0.717) is 6.42 Å². The first-order valence-corrected chi connectivity index (χ1v) is 12.0. The second-order valence-corrected chi connectivity index (χ2v) is 9.73. The molecule has 0 radical (unpaired) electrons. The number of hydrogen-bond donors (Lipinski definition) is 1. The first-order chi connectivity index (χ1) is 15.5. The van der Waals surface area contributed by atoms with Crippen LogP contribution < -0.4 is 10.2 Å². The topological polar surface area (TPSA) is 49.4 Å². The standard InChI is InChI=1S/C27H26N2O2S/c1-17(2)27(31)29-22-12-7-6-11-20(22)28-21-15-19(18-9-4-3-5-10-18)16-23(30)25(21)26(29)24-13-8-14-32-24/h3-14,17,19,26,28H,15-16H2,1-2H3/t19-,26-/m1/s1. The zero-order chi connectivity index (χ0) is 22.2. The molecular weight excluding hydrogens is 416 g/mol. The lowest BCUT2D eigenvalue weighted by Crippen LogP contribution is -2.40. The zero-order valence-electron chi connectivity index (χ0n) is 18.2. The SMILES string of the molecule is CC(C)C(=O)N1c2ccccc2NC2=C(C(=O)C[C@H](c3ccccc3)C2)[C@H]1c1cccs1. The summed E-state index contributed by atoms with van der Waals surface area (Å²) < 4.78 is 0.